The third-order valence-corrected chi connectivity index (χ3v) is 3.89. The van der Waals surface area contributed by atoms with Crippen molar-refractivity contribution in [2.45, 2.75) is 39.2 Å². The van der Waals surface area contributed by atoms with E-state index in [1.165, 1.54) is 12.8 Å². The summed E-state index contributed by atoms with van der Waals surface area (Å²) in [6.45, 7) is 5.55. The highest BCUT2D eigenvalue weighted by molar-refractivity contribution is 5.76. The Morgan fingerprint density at radius 1 is 1.47 bits per heavy atom. The van der Waals surface area contributed by atoms with Gasteiger partial charge in [-0.2, -0.15) is 0 Å². The summed E-state index contributed by atoms with van der Waals surface area (Å²) < 4.78 is 5.31. The molecule has 1 aromatic heterocycles. The van der Waals surface area contributed by atoms with Gasteiger partial charge in [0.15, 0.2) is 0 Å². The average molecular weight is 264 g/mol. The molecule has 19 heavy (non-hydrogen) atoms. The molecule has 1 saturated heterocycles. The summed E-state index contributed by atoms with van der Waals surface area (Å²) in [5, 5.41) is 3.36. The molecule has 0 unspecified atom stereocenters. The number of furan rings is 1. The van der Waals surface area contributed by atoms with Crippen molar-refractivity contribution in [1.82, 2.24) is 10.2 Å². The molecule has 0 atom stereocenters. The van der Waals surface area contributed by atoms with E-state index in [1.807, 2.05) is 24.0 Å². The van der Waals surface area contributed by atoms with E-state index in [1.54, 1.807) is 6.26 Å². The molecular formula is C15H24N2O2. The molecule has 0 bridgehead atoms. The fraction of sp³-hybridized carbons (Fsp3) is 0.667. The van der Waals surface area contributed by atoms with E-state index in [2.05, 4.69) is 5.32 Å². The zero-order valence-electron chi connectivity index (χ0n) is 11.7. The van der Waals surface area contributed by atoms with Crippen LogP contribution in [-0.2, 0) is 11.3 Å². The van der Waals surface area contributed by atoms with Crippen LogP contribution in [-0.4, -0.2) is 30.4 Å². The Morgan fingerprint density at radius 2 is 2.26 bits per heavy atom. The van der Waals surface area contributed by atoms with Crippen molar-refractivity contribution in [2.24, 2.45) is 5.92 Å². The Morgan fingerprint density at radius 3 is 2.89 bits per heavy atom. The van der Waals surface area contributed by atoms with Crippen molar-refractivity contribution < 1.29 is 9.21 Å². The van der Waals surface area contributed by atoms with Gasteiger partial charge in [0.05, 0.1) is 12.8 Å². The second kappa shape index (κ2) is 7.34. The molecule has 0 spiro atoms. The summed E-state index contributed by atoms with van der Waals surface area (Å²) in [7, 11) is 0. The number of carbonyl (C=O) groups is 1. The van der Waals surface area contributed by atoms with Gasteiger partial charge in [0.25, 0.3) is 0 Å². The standard InChI is InChI=1S/C15H24N2O2/c1-2-17(12-14-4-3-11-19-14)15(18)6-5-13-7-9-16-10-8-13/h3-4,11,13,16H,2,5-10,12H2,1H3. The number of hydrogen-bond donors (Lipinski definition) is 1. The predicted octanol–water partition coefficient (Wildman–Crippen LogP) is 2.41. The molecule has 1 N–H and O–H groups in total. The van der Waals surface area contributed by atoms with Crippen molar-refractivity contribution in [3.8, 4) is 0 Å². The maximum atomic E-state index is 12.2. The minimum Gasteiger partial charge on any atom is -0.467 e. The second-order valence-electron chi connectivity index (χ2n) is 5.22. The molecule has 106 valence electrons. The van der Waals surface area contributed by atoms with E-state index in [-0.39, 0.29) is 5.91 Å². The molecule has 1 amide bonds. The second-order valence-corrected chi connectivity index (χ2v) is 5.22. The molecule has 4 heteroatoms. The first kappa shape index (κ1) is 14.1. The Kier molecular flexibility index (Phi) is 5.45. The fourth-order valence-electron chi connectivity index (χ4n) is 2.62. The number of amides is 1. The minimum absolute atomic E-state index is 0.248. The van der Waals surface area contributed by atoms with Crippen LogP contribution in [0.4, 0.5) is 0 Å². The maximum absolute atomic E-state index is 12.2. The quantitative estimate of drug-likeness (QED) is 0.858. The van der Waals surface area contributed by atoms with Gasteiger partial charge in [-0.3, -0.25) is 4.79 Å². The lowest BCUT2D eigenvalue weighted by molar-refractivity contribution is -0.132. The van der Waals surface area contributed by atoms with Crippen molar-refractivity contribution in [3.63, 3.8) is 0 Å². The van der Waals surface area contributed by atoms with Gasteiger partial charge in [-0.15, -0.1) is 0 Å². The molecule has 2 rings (SSSR count). The summed E-state index contributed by atoms with van der Waals surface area (Å²) in [5.41, 5.74) is 0. The van der Waals surface area contributed by atoms with E-state index >= 15 is 0 Å². The molecule has 1 aliphatic heterocycles. The molecule has 0 radical (unpaired) electrons. The molecule has 0 saturated carbocycles. The summed E-state index contributed by atoms with van der Waals surface area (Å²) in [6, 6.07) is 3.78. The van der Waals surface area contributed by atoms with Crippen LogP contribution in [0.5, 0.6) is 0 Å². The topological polar surface area (TPSA) is 45.5 Å². The fourth-order valence-corrected chi connectivity index (χ4v) is 2.62. The Hall–Kier alpha value is -1.29. The maximum Gasteiger partial charge on any atom is 0.222 e. The van der Waals surface area contributed by atoms with Gasteiger partial charge in [0.2, 0.25) is 5.91 Å². The third kappa shape index (κ3) is 4.39. The predicted molar refractivity (Wildman–Crippen MR) is 74.6 cm³/mol. The van der Waals surface area contributed by atoms with Crippen LogP contribution in [0.25, 0.3) is 0 Å². The average Bonchev–Trinajstić information content (AvgIpc) is 2.96. The smallest absolute Gasteiger partial charge is 0.222 e. The van der Waals surface area contributed by atoms with Crippen LogP contribution >= 0.6 is 0 Å². The lowest BCUT2D eigenvalue weighted by Gasteiger charge is -2.24. The van der Waals surface area contributed by atoms with Gasteiger partial charge in [-0.05, 0) is 57.3 Å². The van der Waals surface area contributed by atoms with Crippen LogP contribution < -0.4 is 5.32 Å². The first-order valence-electron chi connectivity index (χ1n) is 7.30. The summed E-state index contributed by atoms with van der Waals surface area (Å²) in [5.74, 6) is 1.82. The Labute approximate surface area is 115 Å². The van der Waals surface area contributed by atoms with Gasteiger partial charge in [0, 0.05) is 13.0 Å². The SMILES string of the molecule is CCN(Cc1ccco1)C(=O)CCC1CCNCC1. The minimum atomic E-state index is 0.248. The highest BCUT2D eigenvalue weighted by Gasteiger charge is 2.17. The number of carbonyl (C=O) groups excluding carboxylic acids is 1. The summed E-state index contributed by atoms with van der Waals surface area (Å²) >= 11 is 0. The summed E-state index contributed by atoms with van der Waals surface area (Å²) in [6.07, 6.45) is 5.76. The van der Waals surface area contributed by atoms with Crippen LogP contribution in [0.15, 0.2) is 22.8 Å². The molecule has 1 fully saturated rings. The highest BCUT2D eigenvalue weighted by Crippen LogP contribution is 2.18. The van der Waals surface area contributed by atoms with E-state index in [4.69, 9.17) is 4.42 Å². The molecule has 0 aliphatic carbocycles. The van der Waals surface area contributed by atoms with E-state index in [9.17, 15) is 4.79 Å². The van der Waals surface area contributed by atoms with Gasteiger partial charge in [-0.1, -0.05) is 0 Å². The van der Waals surface area contributed by atoms with Crippen LogP contribution in [0.1, 0.15) is 38.4 Å². The molecule has 2 heterocycles. The zero-order chi connectivity index (χ0) is 13.5. The molecule has 1 aromatic rings. The van der Waals surface area contributed by atoms with E-state index in [0.29, 0.717) is 18.9 Å². The lowest BCUT2D eigenvalue weighted by Crippen LogP contribution is -2.32. The van der Waals surface area contributed by atoms with E-state index in [0.717, 1.165) is 31.8 Å². The van der Waals surface area contributed by atoms with Gasteiger partial charge < -0.3 is 14.6 Å². The molecular weight excluding hydrogens is 240 g/mol. The van der Waals surface area contributed by atoms with Crippen LogP contribution in [0.3, 0.4) is 0 Å². The number of hydrogen-bond acceptors (Lipinski definition) is 3. The number of nitrogens with one attached hydrogen (secondary N) is 1. The van der Waals surface area contributed by atoms with Crippen LogP contribution in [0, 0.1) is 5.92 Å². The van der Waals surface area contributed by atoms with Crippen molar-refractivity contribution in [2.75, 3.05) is 19.6 Å². The van der Waals surface area contributed by atoms with Crippen molar-refractivity contribution >= 4 is 5.91 Å². The summed E-state index contributed by atoms with van der Waals surface area (Å²) in [4.78, 5) is 14.1. The largest absolute Gasteiger partial charge is 0.467 e. The van der Waals surface area contributed by atoms with Gasteiger partial charge >= 0.3 is 0 Å². The normalized spacial score (nSPS) is 16.5. The van der Waals surface area contributed by atoms with Gasteiger partial charge in [0.1, 0.15) is 5.76 Å². The monoisotopic (exact) mass is 264 g/mol. The van der Waals surface area contributed by atoms with E-state index < -0.39 is 0 Å². The lowest BCUT2D eigenvalue weighted by atomic mass is 9.93. The van der Waals surface area contributed by atoms with Crippen molar-refractivity contribution in [1.29, 1.82) is 0 Å². The van der Waals surface area contributed by atoms with Crippen molar-refractivity contribution in [3.05, 3.63) is 24.2 Å². The zero-order valence-corrected chi connectivity index (χ0v) is 11.7. The number of piperidine rings is 1. The first-order chi connectivity index (χ1) is 9.29. The highest BCUT2D eigenvalue weighted by atomic mass is 16.3. The first-order valence-corrected chi connectivity index (χ1v) is 7.30. The third-order valence-electron chi connectivity index (χ3n) is 3.89. The Bertz CT molecular complexity index is 370. The number of rotatable bonds is 6. The molecule has 1 aliphatic rings. The molecule has 4 nitrogen and oxygen atoms in total. The number of nitrogens with zero attached hydrogens (tertiary/aromatic N) is 1. The Balaban J connectivity index is 1.76. The van der Waals surface area contributed by atoms with Crippen LogP contribution in [0.2, 0.25) is 0 Å². The molecule has 0 aromatic carbocycles. The van der Waals surface area contributed by atoms with Gasteiger partial charge in [-0.25, -0.2) is 0 Å².